The Kier molecular flexibility index (Phi) is 6.29. The van der Waals surface area contributed by atoms with Crippen LogP contribution in [0.3, 0.4) is 0 Å². The number of aromatic nitrogens is 2. The van der Waals surface area contributed by atoms with E-state index in [-0.39, 0.29) is 11.8 Å². The Morgan fingerprint density at radius 3 is 2.68 bits per heavy atom. The van der Waals surface area contributed by atoms with Crippen LogP contribution in [0.5, 0.6) is 5.75 Å². The van der Waals surface area contributed by atoms with Crippen LogP contribution in [-0.4, -0.2) is 28.6 Å². The Hall–Kier alpha value is -3.31. The van der Waals surface area contributed by atoms with Crippen molar-refractivity contribution in [3.63, 3.8) is 0 Å². The maximum Gasteiger partial charge on any atom is 0.227 e. The van der Waals surface area contributed by atoms with Crippen molar-refractivity contribution in [1.82, 2.24) is 9.55 Å². The van der Waals surface area contributed by atoms with Gasteiger partial charge in [-0.05, 0) is 73.9 Å². The number of para-hydroxylation sites is 2. The lowest BCUT2D eigenvalue weighted by atomic mass is 10.1. The predicted octanol–water partition coefficient (Wildman–Crippen LogP) is 6.30. The quantitative estimate of drug-likeness (QED) is 0.296. The first kappa shape index (κ1) is 22.5. The standard InChI is InChI=1S/C28H28ClN3O2/c1-19-8-9-20(2)26(16-19)34-15-5-14-31-25-7-4-3-6-24(25)30-28(31)21-17-27(33)32(18-21)23-12-10-22(29)11-13-23/h3-4,6-13,16,21H,5,14-15,17-18H2,1-2H3/t21-/m0/s1. The van der Waals surface area contributed by atoms with Gasteiger partial charge in [0.25, 0.3) is 0 Å². The van der Waals surface area contributed by atoms with Gasteiger partial charge >= 0.3 is 0 Å². The summed E-state index contributed by atoms with van der Waals surface area (Å²) < 4.78 is 8.36. The van der Waals surface area contributed by atoms with E-state index in [4.69, 9.17) is 21.3 Å². The van der Waals surface area contributed by atoms with E-state index >= 15 is 0 Å². The van der Waals surface area contributed by atoms with Crippen molar-refractivity contribution in [2.24, 2.45) is 0 Å². The van der Waals surface area contributed by atoms with E-state index in [9.17, 15) is 4.79 Å². The third-order valence-electron chi connectivity index (χ3n) is 6.44. The first-order valence-electron chi connectivity index (χ1n) is 11.7. The monoisotopic (exact) mass is 473 g/mol. The molecule has 1 atom stereocenters. The number of anilines is 1. The minimum atomic E-state index is 0.0375. The van der Waals surface area contributed by atoms with Gasteiger partial charge in [-0.15, -0.1) is 0 Å². The predicted molar refractivity (Wildman–Crippen MR) is 137 cm³/mol. The molecule has 0 saturated carbocycles. The Labute approximate surface area is 204 Å². The molecule has 1 saturated heterocycles. The maximum atomic E-state index is 12.9. The van der Waals surface area contributed by atoms with E-state index in [1.807, 2.05) is 47.4 Å². The van der Waals surface area contributed by atoms with Crippen LogP contribution < -0.4 is 9.64 Å². The molecule has 5 nitrogen and oxygen atoms in total. The molecule has 6 heteroatoms. The summed E-state index contributed by atoms with van der Waals surface area (Å²) in [6.07, 6.45) is 1.30. The summed E-state index contributed by atoms with van der Waals surface area (Å²) in [5, 5.41) is 0.664. The first-order chi connectivity index (χ1) is 16.5. The zero-order valence-corrected chi connectivity index (χ0v) is 20.3. The molecule has 34 heavy (non-hydrogen) atoms. The second kappa shape index (κ2) is 9.51. The Bertz CT molecular complexity index is 1330. The summed E-state index contributed by atoms with van der Waals surface area (Å²) in [5.74, 6) is 2.06. The van der Waals surface area contributed by atoms with E-state index in [1.54, 1.807) is 0 Å². The highest BCUT2D eigenvalue weighted by molar-refractivity contribution is 6.30. The third kappa shape index (κ3) is 4.53. The number of ether oxygens (including phenoxy) is 1. The SMILES string of the molecule is Cc1ccc(C)c(OCCCn2c([C@H]3CC(=O)N(c4ccc(Cl)cc4)C3)nc3ccccc32)c1. The number of hydrogen-bond acceptors (Lipinski definition) is 3. The first-order valence-corrected chi connectivity index (χ1v) is 12.1. The molecule has 2 heterocycles. The van der Waals surface area contributed by atoms with Gasteiger partial charge < -0.3 is 14.2 Å². The Morgan fingerprint density at radius 1 is 1.06 bits per heavy atom. The smallest absolute Gasteiger partial charge is 0.227 e. The molecule has 0 spiro atoms. The van der Waals surface area contributed by atoms with Crippen molar-refractivity contribution in [1.29, 1.82) is 0 Å². The number of carbonyl (C=O) groups excluding carboxylic acids is 1. The van der Waals surface area contributed by atoms with Crippen LogP contribution in [0, 0.1) is 13.8 Å². The molecule has 1 aliphatic heterocycles. The number of aryl methyl sites for hydroxylation is 3. The summed E-state index contributed by atoms with van der Waals surface area (Å²) in [5.41, 5.74) is 5.28. The van der Waals surface area contributed by atoms with Crippen LogP contribution in [-0.2, 0) is 11.3 Å². The minimum Gasteiger partial charge on any atom is -0.493 e. The Balaban J connectivity index is 1.34. The Morgan fingerprint density at radius 2 is 1.85 bits per heavy atom. The number of carbonyl (C=O) groups is 1. The van der Waals surface area contributed by atoms with Crippen molar-refractivity contribution >= 4 is 34.2 Å². The van der Waals surface area contributed by atoms with Gasteiger partial charge in [0.05, 0.1) is 17.6 Å². The lowest BCUT2D eigenvalue weighted by Crippen LogP contribution is -2.24. The lowest BCUT2D eigenvalue weighted by Gasteiger charge is -2.18. The number of hydrogen-bond donors (Lipinski definition) is 0. The van der Waals surface area contributed by atoms with Crippen molar-refractivity contribution < 1.29 is 9.53 Å². The van der Waals surface area contributed by atoms with Gasteiger partial charge in [0.1, 0.15) is 11.6 Å². The molecule has 0 unspecified atom stereocenters. The van der Waals surface area contributed by atoms with Gasteiger partial charge in [0, 0.05) is 36.1 Å². The molecular weight excluding hydrogens is 446 g/mol. The molecule has 0 bridgehead atoms. The summed E-state index contributed by atoms with van der Waals surface area (Å²) in [6, 6.07) is 21.9. The molecule has 1 aliphatic rings. The highest BCUT2D eigenvalue weighted by Crippen LogP contribution is 2.33. The number of amides is 1. The third-order valence-corrected chi connectivity index (χ3v) is 6.69. The molecule has 1 amide bonds. The molecule has 0 N–H and O–H groups in total. The number of benzene rings is 3. The molecule has 1 aromatic heterocycles. The van der Waals surface area contributed by atoms with Gasteiger partial charge in [-0.1, -0.05) is 35.9 Å². The van der Waals surface area contributed by atoms with E-state index in [2.05, 4.69) is 42.7 Å². The van der Waals surface area contributed by atoms with Crippen molar-refractivity contribution in [2.75, 3.05) is 18.1 Å². The zero-order chi connectivity index (χ0) is 23.7. The van der Waals surface area contributed by atoms with Gasteiger partial charge in [-0.2, -0.15) is 0 Å². The normalized spacial score (nSPS) is 15.9. The summed E-state index contributed by atoms with van der Waals surface area (Å²) >= 11 is 6.03. The summed E-state index contributed by atoms with van der Waals surface area (Å²) in [4.78, 5) is 19.7. The average molecular weight is 474 g/mol. The molecule has 4 aromatic rings. The zero-order valence-electron chi connectivity index (χ0n) is 19.5. The second-order valence-electron chi connectivity index (χ2n) is 8.96. The van der Waals surface area contributed by atoms with Gasteiger partial charge in [-0.3, -0.25) is 4.79 Å². The largest absolute Gasteiger partial charge is 0.493 e. The fourth-order valence-electron chi connectivity index (χ4n) is 4.66. The van der Waals surface area contributed by atoms with Crippen molar-refractivity contribution in [2.45, 2.75) is 39.2 Å². The van der Waals surface area contributed by atoms with Gasteiger partial charge in [0.2, 0.25) is 5.91 Å². The maximum absolute atomic E-state index is 12.9. The molecule has 3 aromatic carbocycles. The number of fused-ring (bicyclic) bond motifs is 1. The second-order valence-corrected chi connectivity index (χ2v) is 9.40. The number of halogens is 1. The molecule has 5 rings (SSSR count). The van der Waals surface area contributed by atoms with Crippen LogP contribution >= 0.6 is 11.6 Å². The number of imidazole rings is 1. The van der Waals surface area contributed by atoms with E-state index in [0.717, 1.165) is 46.8 Å². The average Bonchev–Trinajstić information content (AvgIpc) is 3.40. The lowest BCUT2D eigenvalue weighted by molar-refractivity contribution is -0.117. The molecule has 174 valence electrons. The fraction of sp³-hybridized carbons (Fsp3) is 0.286. The van der Waals surface area contributed by atoms with E-state index in [0.29, 0.717) is 24.6 Å². The van der Waals surface area contributed by atoms with E-state index < -0.39 is 0 Å². The summed E-state index contributed by atoms with van der Waals surface area (Å²) in [7, 11) is 0. The molecule has 1 fully saturated rings. The fourth-order valence-corrected chi connectivity index (χ4v) is 4.79. The van der Waals surface area contributed by atoms with Crippen molar-refractivity contribution in [3.8, 4) is 5.75 Å². The van der Waals surface area contributed by atoms with Gasteiger partial charge in [-0.25, -0.2) is 4.98 Å². The topological polar surface area (TPSA) is 47.4 Å². The summed E-state index contributed by atoms with van der Waals surface area (Å²) in [6.45, 7) is 6.16. The van der Waals surface area contributed by atoms with Crippen LogP contribution in [0.1, 0.15) is 35.7 Å². The molecular formula is C28H28ClN3O2. The van der Waals surface area contributed by atoms with Crippen LogP contribution in [0.15, 0.2) is 66.7 Å². The highest BCUT2D eigenvalue weighted by atomic mass is 35.5. The molecule has 0 aliphatic carbocycles. The van der Waals surface area contributed by atoms with Crippen LogP contribution in [0.4, 0.5) is 5.69 Å². The number of rotatable bonds is 7. The molecule has 0 radical (unpaired) electrons. The van der Waals surface area contributed by atoms with Crippen LogP contribution in [0.2, 0.25) is 5.02 Å². The highest BCUT2D eigenvalue weighted by Gasteiger charge is 2.34. The van der Waals surface area contributed by atoms with E-state index in [1.165, 1.54) is 5.56 Å². The minimum absolute atomic E-state index is 0.0375. The van der Waals surface area contributed by atoms with Gasteiger partial charge in [0.15, 0.2) is 0 Å². The number of nitrogens with zero attached hydrogens (tertiary/aromatic N) is 3. The van der Waals surface area contributed by atoms with Crippen molar-refractivity contribution in [3.05, 3.63) is 88.7 Å². The van der Waals surface area contributed by atoms with Crippen LogP contribution in [0.25, 0.3) is 11.0 Å².